The molecular weight excluding hydrogens is 640 g/mol. The summed E-state index contributed by atoms with van der Waals surface area (Å²) >= 11 is 0.620. The summed E-state index contributed by atoms with van der Waals surface area (Å²) < 4.78 is 168. The van der Waals surface area contributed by atoms with E-state index in [1.54, 1.807) is 0 Å². The third-order valence-electron chi connectivity index (χ3n) is 7.73. The van der Waals surface area contributed by atoms with Gasteiger partial charge in [0.25, 0.3) is 5.56 Å². The molecule has 254 valence electrons. The molecule has 11 heteroatoms. The summed E-state index contributed by atoms with van der Waals surface area (Å²) in [5.41, 5.74) is -4.94. The van der Waals surface area contributed by atoms with Crippen molar-refractivity contribution in [3.63, 3.8) is 0 Å². The second kappa shape index (κ2) is 15.5. The molecule has 0 saturated heterocycles. The first-order chi connectivity index (χ1) is 28.3. The van der Waals surface area contributed by atoms with Gasteiger partial charge in [0.1, 0.15) is 12.3 Å². The Hall–Kier alpha value is -3.96. The van der Waals surface area contributed by atoms with E-state index in [0.717, 1.165) is 16.4 Å². The Labute approximate surface area is 301 Å². The largest absolute Gasteiger partial charge is 0.416 e. The summed E-state index contributed by atoms with van der Waals surface area (Å²) in [7, 11) is 0. The molecule has 3 aromatic carbocycles. The van der Waals surface area contributed by atoms with Gasteiger partial charge in [-0.15, -0.1) is 0 Å². The van der Waals surface area contributed by atoms with Gasteiger partial charge >= 0.3 is 6.18 Å². The van der Waals surface area contributed by atoms with Crippen LogP contribution in [-0.4, -0.2) is 51.4 Å². The van der Waals surface area contributed by atoms with Gasteiger partial charge < -0.3 is 14.4 Å². The highest BCUT2D eigenvalue weighted by molar-refractivity contribution is 7.98. The number of nitrogens with zero attached hydrogens (tertiary/aromatic N) is 4. The predicted molar refractivity (Wildman–Crippen MR) is 181 cm³/mol. The van der Waals surface area contributed by atoms with E-state index in [2.05, 4.69) is 4.98 Å². The van der Waals surface area contributed by atoms with Crippen LogP contribution < -0.4 is 5.56 Å². The van der Waals surface area contributed by atoms with E-state index in [1.165, 1.54) is 0 Å². The van der Waals surface area contributed by atoms with E-state index >= 15 is 0 Å². The normalized spacial score (nSPS) is 17.0. The van der Waals surface area contributed by atoms with Crippen molar-refractivity contribution in [2.75, 3.05) is 26.2 Å². The molecule has 48 heavy (non-hydrogen) atoms. The van der Waals surface area contributed by atoms with Gasteiger partial charge in [-0.05, 0) is 85.2 Å². The highest BCUT2D eigenvalue weighted by Crippen LogP contribution is 2.34. The van der Waals surface area contributed by atoms with Crippen molar-refractivity contribution in [2.45, 2.75) is 70.2 Å². The number of halogens is 4. The minimum Gasteiger partial charge on any atom is -0.336 e. The molecular formula is C37H40F4N4O2S. The Balaban J connectivity index is 1.65. The van der Waals surface area contributed by atoms with Gasteiger partial charge in [0, 0.05) is 36.6 Å². The molecule has 0 atom stereocenters. The number of alkyl halides is 3. The molecule has 0 unspecified atom stereocenters. The van der Waals surface area contributed by atoms with Crippen LogP contribution in [0.25, 0.3) is 11.1 Å². The smallest absolute Gasteiger partial charge is 0.336 e. The number of carbonyl (C=O) groups excluding carboxylic acids is 1. The monoisotopic (exact) mass is 693 g/mol. The van der Waals surface area contributed by atoms with Crippen LogP contribution in [0.3, 0.4) is 0 Å². The number of amides is 1. The molecule has 1 aliphatic carbocycles. The zero-order valence-electron chi connectivity index (χ0n) is 39.4. The fourth-order valence-corrected chi connectivity index (χ4v) is 5.98. The van der Waals surface area contributed by atoms with Gasteiger partial charge in [-0.2, -0.15) is 18.2 Å². The summed E-state index contributed by atoms with van der Waals surface area (Å²) in [6.45, 7) is 1.59. The Morgan fingerprint density at radius 3 is 2.31 bits per heavy atom. The van der Waals surface area contributed by atoms with Gasteiger partial charge in [0.15, 0.2) is 5.16 Å². The van der Waals surface area contributed by atoms with Crippen LogP contribution in [-0.2, 0) is 42.6 Å². The van der Waals surface area contributed by atoms with Crippen molar-refractivity contribution in [3.05, 3.63) is 116 Å². The molecule has 1 amide bonds. The SMILES string of the molecule is [2H]c1c([2H])c(CSc2nc(=O)c3c(n2C([2H])([2H])C(=O)N(CCN(CC)CC)Cc2c([2H])c([2H])c(-c4c([2H])c([2H])c(C(F)(F)F)c(C)c4[2H])c([2H])c2[2H])CCC3)c([2H])c([2H])c1F. The standard InChI is InChI=1S/C37H40F4N4O2S/c1-4-43(5-2)19-20-44(22-26-9-13-28(14-10-26)29-15-18-32(25(3)21-29)37(39,40)41)34(46)23-45-33-8-6-7-31(33)35(47)42-36(45)48-24-27-11-16-30(38)17-12-27/h9-18,21H,4-8,19-20,22-24H2,1-3H3/i9D,10D,11D,12D,13D,14D,15D,16D,17D,18D,21D,23D2. The summed E-state index contributed by atoms with van der Waals surface area (Å²) in [5.74, 6) is -3.10. The molecule has 4 aromatic rings. The maximum Gasteiger partial charge on any atom is 0.416 e. The van der Waals surface area contributed by atoms with E-state index in [1.807, 2.05) is 18.7 Å². The third kappa shape index (κ3) is 8.54. The molecule has 6 nitrogen and oxygen atoms in total. The lowest BCUT2D eigenvalue weighted by molar-refractivity contribution is -0.138. The van der Waals surface area contributed by atoms with Crippen molar-refractivity contribution >= 4 is 17.7 Å². The number of aromatic nitrogens is 2. The average Bonchev–Trinajstić information content (AvgIpc) is 3.70. The molecule has 1 heterocycles. The second-order valence-electron chi connectivity index (χ2n) is 10.9. The number of hydrogen-bond donors (Lipinski definition) is 0. The molecule has 1 aliphatic rings. The maximum absolute atomic E-state index is 14.7. The molecule has 0 saturated carbocycles. The molecule has 1 aromatic heterocycles. The summed E-state index contributed by atoms with van der Waals surface area (Å²) in [5, 5.41) is -0.375. The Morgan fingerprint density at radius 1 is 0.979 bits per heavy atom. The van der Waals surface area contributed by atoms with Crippen LogP contribution >= 0.6 is 11.8 Å². The summed E-state index contributed by atoms with van der Waals surface area (Å²) in [6, 6.07) is -10.1. The van der Waals surface area contributed by atoms with Crippen LogP contribution in [0.2, 0.25) is 0 Å². The topological polar surface area (TPSA) is 58.4 Å². The van der Waals surface area contributed by atoms with Gasteiger partial charge in [-0.3, -0.25) is 9.59 Å². The first kappa shape index (κ1) is 21.9. The highest BCUT2D eigenvalue weighted by atomic mass is 32.2. The van der Waals surface area contributed by atoms with Crippen molar-refractivity contribution in [1.82, 2.24) is 19.4 Å². The number of carbonyl (C=O) groups is 1. The minimum atomic E-state index is -5.11. The fraction of sp³-hybridized carbons (Fsp3) is 0.378. The predicted octanol–water partition coefficient (Wildman–Crippen LogP) is 7.53. The quantitative estimate of drug-likeness (QED) is 0.0824. The van der Waals surface area contributed by atoms with Crippen LogP contribution in [0.15, 0.2) is 76.4 Å². The van der Waals surface area contributed by atoms with E-state index in [-0.39, 0.29) is 47.9 Å². The Morgan fingerprint density at radius 2 is 1.65 bits per heavy atom. The lowest BCUT2D eigenvalue weighted by Gasteiger charge is -2.28. The van der Waals surface area contributed by atoms with Crippen LogP contribution in [0.1, 0.15) is 71.6 Å². The van der Waals surface area contributed by atoms with Gasteiger partial charge in [0.2, 0.25) is 5.91 Å². The minimum absolute atomic E-state index is 0.120. The molecule has 0 bridgehead atoms. The first-order valence-electron chi connectivity index (χ1n) is 21.7. The molecule has 0 spiro atoms. The average molecular weight is 694 g/mol. The van der Waals surface area contributed by atoms with Gasteiger partial charge in [0.05, 0.1) is 23.4 Å². The van der Waals surface area contributed by atoms with Crippen LogP contribution in [0, 0.1) is 12.7 Å². The zero-order valence-corrected chi connectivity index (χ0v) is 27.2. The van der Waals surface area contributed by atoms with E-state index < -0.39 is 137 Å². The van der Waals surface area contributed by atoms with Crippen LogP contribution in [0.5, 0.6) is 0 Å². The summed E-state index contributed by atoms with van der Waals surface area (Å²) in [4.78, 5) is 34.8. The van der Waals surface area contributed by atoms with Crippen molar-refractivity contribution < 1.29 is 40.2 Å². The van der Waals surface area contributed by atoms with Gasteiger partial charge in [-0.1, -0.05) is 73.9 Å². The summed E-state index contributed by atoms with van der Waals surface area (Å²) in [6.07, 6.45) is -4.39. The first-order valence-corrected chi connectivity index (χ1v) is 16.1. The molecule has 0 N–H and O–H groups in total. The van der Waals surface area contributed by atoms with Gasteiger partial charge in [-0.25, -0.2) is 4.39 Å². The third-order valence-corrected chi connectivity index (χ3v) is 8.70. The second-order valence-corrected chi connectivity index (χ2v) is 11.8. The lowest BCUT2D eigenvalue weighted by Crippen LogP contribution is -2.40. The molecule has 5 rings (SSSR count). The maximum atomic E-state index is 14.7. The van der Waals surface area contributed by atoms with E-state index in [0.29, 0.717) is 31.3 Å². The van der Waals surface area contributed by atoms with Crippen molar-refractivity contribution in [2.24, 2.45) is 0 Å². The molecule has 0 radical (unpaired) electrons. The van der Waals surface area contributed by atoms with Crippen molar-refractivity contribution in [3.8, 4) is 11.1 Å². The fourth-order valence-electron chi connectivity index (χ4n) is 5.13. The Bertz CT molecular complexity index is 2410. The number of fused-ring (bicyclic) bond motifs is 1. The number of likely N-dealkylation sites (N-methyl/N-ethyl adjacent to an activating group) is 1. The number of thioether (sulfide) groups is 1. The lowest BCUT2D eigenvalue weighted by atomic mass is 9.98. The van der Waals surface area contributed by atoms with Crippen LogP contribution in [0.4, 0.5) is 17.6 Å². The molecule has 0 fully saturated rings. The highest BCUT2D eigenvalue weighted by Gasteiger charge is 2.32. The number of benzene rings is 3. The molecule has 0 aliphatic heterocycles. The Kier molecular flexibility index (Phi) is 7.07. The van der Waals surface area contributed by atoms with E-state index in [9.17, 15) is 29.9 Å². The number of rotatable bonds is 13. The van der Waals surface area contributed by atoms with Crippen molar-refractivity contribution in [1.29, 1.82) is 0 Å². The number of hydrogen-bond acceptors (Lipinski definition) is 5. The van der Waals surface area contributed by atoms with E-state index in [4.69, 9.17) is 15.1 Å². The zero-order chi connectivity index (χ0) is 45.8.